The van der Waals surface area contributed by atoms with Gasteiger partial charge in [-0.2, -0.15) is 0 Å². The molecule has 1 aliphatic carbocycles. The number of halogens is 1. The van der Waals surface area contributed by atoms with Crippen molar-refractivity contribution in [3.63, 3.8) is 0 Å². The van der Waals surface area contributed by atoms with Crippen molar-refractivity contribution >= 4 is 17.9 Å². The van der Waals surface area contributed by atoms with Crippen molar-refractivity contribution in [1.29, 1.82) is 0 Å². The Morgan fingerprint density at radius 3 is 2.76 bits per heavy atom. The summed E-state index contributed by atoms with van der Waals surface area (Å²) >= 11 is 0. The first-order valence-electron chi connectivity index (χ1n) is 11.1. The molecular weight excluding hydrogens is 367 g/mol. The molecule has 1 aromatic carbocycles. The monoisotopic (exact) mass is 398 g/mol. The van der Waals surface area contributed by atoms with Gasteiger partial charge in [0.25, 0.3) is 0 Å². The first-order chi connectivity index (χ1) is 14.1. The van der Waals surface area contributed by atoms with Crippen LogP contribution in [0.4, 0.5) is 4.39 Å². The third-order valence-corrected chi connectivity index (χ3v) is 6.90. The number of carbonyl (C=O) groups is 2. The maximum absolute atomic E-state index is 13.3. The second-order valence-corrected chi connectivity index (χ2v) is 8.88. The molecule has 0 radical (unpaired) electrons. The fourth-order valence-corrected chi connectivity index (χ4v) is 5.32. The normalized spacial score (nSPS) is 26.0. The Labute approximate surface area is 172 Å². The fourth-order valence-electron chi connectivity index (χ4n) is 5.32. The number of piperidine rings is 2. The number of hydrogen-bond acceptors (Lipinski definition) is 2. The van der Waals surface area contributed by atoms with Crippen molar-refractivity contribution in [2.24, 2.45) is 11.8 Å². The van der Waals surface area contributed by atoms with Crippen LogP contribution < -0.4 is 0 Å². The van der Waals surface area contributed by atoms with Crippen LogP contribution in [-0.4, -0.2) is 47.3 Å². The predicted molar refractivity (Wildman–Crippen MR) is 111 cm³/mol. The lowest BCUT2D eigenvalue weighted by atomic mass is 9.81. The Kier molecular flexibility index (Phi) is 6.31. The summed E-state index contributed by atoms with van der Waals surface area (Å²) in [5.41, 5.74) is 0.690. The highest BCUT2D eigenvalue weighted by atomic mass is 19.1. The first kappa shape index (κ1) is 20.1. The molecule has 0 spiro atoms. The summed E-state index contributed by atoms with van der Waals surface area (Å²) in [4.78, 5) is 29.3. The van der Waals surface area contributed by atoms with Crippen molar-refractivity contribution in [3.8, 4) is 0 Å². The molecule has 4 rings (SSSR count). The summed E-state index contributed by atoms with van der Waals surface area (Å²) in [5, 5.41) is 0. The summed E-state index contributed by atoms with van der Waals surface area (Å²) in [6, 6.07) is 6.54. The van der Waals surface area contributed by atoms with E-state index in [1.54, 1.807) is 24.3 Å². The highest BCUT2D eigenvalue weighted by Crippen LogP contribution is 2.34. The molecule has 2 amide bonds. The number of carbonyl (C=O) groups excluding carboxylic acids is 2. The molecule has 2 aliphatic heterocycles. The van der Waals surface area contributed by atoms with E-state index in [2.05, 4.69) is 4.90 Å². The SMILES string of the molecule is O=C(/C=C/c1cccc(F)c1)N1CC[C@H]2[C@H](CCC(=O)N2CC2CCCCC2)C1. The first-order valence-corrected chi connectivity index (χ1v) is 11.1. The third kappa shape index (κ3) is 4.88. The van der Waals surface area contributed by atoms with Crippen LogP contribution >= 0.6 is 0 Å². The van der Waals surface area contributed by atoms with Crippen LogP contribution in [0.1, 0.15) is 56.9 Å². The van der Waals surface area contributed by atoms with Gasteiger partial charge in [0.15, 0.2) is 0 Å². The smallest absolute Gasteiger partial charge is 0.246 e. The summed E-state index contributed by atoms with van der Waals surface area (Å²) in [6.45, 7) is 2.31. The van der Waals surface area contributed by atoms with E-state index in [1.807, 2.05) is 4.90 Å². The lowest BCUT2D eigenvalue weighted by molar-refractivity contribution is -0.144. The van der Waals surface area contributed by atoms with Crippen LogP contribution in [0.3, 0.4) is 0 Å². The Hall–Kier alpha value is -2.17. The second-order valence-electron chi connectivity index (χ2n) is 8.88. The van der Waals surface area contributed by atoms with Gasteiger partial charge in [-0.05, 0) is 61.3 Å². The van der Waals surface area contributed by atoms with Crippen molar-refractivity contribution < 1.29 is 14.0 Å². The number of rotatable bonds is 4. The Balaban J connectivity index is 1.36. The molecule has 0 unspecified atom stereocenters. The molecular formula is C24H31FN2O2. The topological polar surface area (TPSA) is 40.6 Å². The molecule has 5 heteroatoms. The zero-order chi connectivity index (χ0) is 20.2. The van der Waals surface area contributed by atoms with E-state index in [4.69, 9.17) is 0 Å². The number of benzene rings is 1. The molecule has 3 fully saturated rings. The molecule has 1 aromatic rings. The van der Waals surface area contributed by atoms with Gasteiger partial charge in [-0.3, -0.25) is 9.59 Å². The molecule has 0 bridgehead atoms. The minimum absolute atomic E-state index is 0.0246. The Bertz CT molecular complexity index is 772. The van der Waals surface area contributed by atoms with Gasteiger partial charge in [0, 0.05) is 38.2 Å². The van der Waals surface area contributed by atoms with Gasteiger partial charge >= 0.3 is 0 Å². The minimum Gasteiger partial charge on any atom is -0.339 e. The molecule has 3 aliphatic rings. The average Bonchev–Trinajstić information content (AvgIpc) is 2.74. The maximum Gasteiger partial charge on any atom is 0.246 e. The highest BCUT2D eigenvalue weighted by molar-refractivity contribution is 5.92. The van der Waals surface area contributed by atoms with E-state index in [0.717, 1.165) is 19.4 Å². The Morgan fingerprint density at radius 1 is 1.14 bits per heavy atom. The van der Waals surface area contributed by atoms with Gasteiger partial charge in [0.2, 0.25) is 11.8 Å². The van der Waals surface area contributed by atoms with Crippen LogP contribution in [0.2, 0.25) is 0 Å². The summed E-state index contributed by atoms with van der Waals surface area (Å²) < 4.78 is 13.3. The number of hydrogen-bond donors (Lipinski definition) is 0. The lowest BCUT2D eigenvalue weighted by Gasteiger charge is -2.48. The zero-order valence-electron chi connectivity index (χ0n) is 17.1. The lowest BCUT2D eigenvalue weighted by Crippen LogP contribution is -2.57. The molecule has 2 heterocycles. The molecule has 156 valence electrons. The second kappa shape index (κ2) is 9.10. The van der Waals surface area contributed by atoms with Gasteiger partial charge in [0.05, 0.1) is 0 Å². The predicted octanol–water partition coefficient (Wildman–Crippen LogP) is 4.26. The van der Waals surface area contributed by atoms with Crippen LogP contribution in [-0.2, 0) is 9.59 Å². The summed E-state index contributed by atoms with van der Waals surface area (Å²) in [5.74, 6) is 1.01. The zero-order valence-corrected chi connectivity index (χ0v) is 17.1. The van der Waals surface area contributed by atoms with E-state index in [0.29, 0.717) is 42.8 Å². The van der Waals surface area contributed by atoms with E-state index in [1.165, 1.54) is 44.2 Å². The van der Waals surface area contributed by atoms with Crippen LogP contribution in [0.5, 0.6) is 0 Å². The molecule has 4 nitrogen and oxygen atoms in total. The van der Waals surface area contributed by atoms with Gasteiger partial charge < -0.3 is 9.80 Å². The largest absolute Gasteiger partial charge is 0.339 e. The van der Waals surface area contributed by atoms with E-state index >= 15 is 0 Å². The van der Waals surface area contributed by atoms with E-state index < -0.39 is 0 Å². The summed E-state index contributed by atoms with van der Waals surface area (Å²) in [6.07, 6.45) is 12.0. The van der Waals surface area contributed by atoms with Crippen LogP contribution in [0, 0.1) is 17.7 Å². The molecule has 1 saturated carbocycles. The van der Waals surface area contributed by atoms with E-state index in [9.17, 15) is 14.0 Å². The summed E-state index contributed by atoms with van der Waals surface area (Å²) in [7, 11) is 0. The molecule has 0 N–H and O–H groups in total. The van der Waals surface area contributed by atoms with Crippen LogP contribution in [0.15, 0.2) is 30.3 Å². The number of fused-ring (bicyclic) bond motifs is 1. The number of likely N-dealkylation sites (tertiary alicyclic amines) is 2. The van der Waals surface area contributed by atoms with Gasteiger partial charge in [-0.25, -0.2) is 4.39 Å². The highest BCUT2D eigenvalue weighted by Gasteiger charge is 2.40. The van der Waals surface area contributed by atoms with Crippen LogP contribution in [0.25, 0.3) is 6.08 Å². The van der Waals surface area contributed by atoms with Crippen molar-refractivity contribution in [2.45, 2.75) is 57.4 Å². The third-order valence-electron chi connectivity index (χ3n) is 6.90. The molecule has 29 heavy (non-hydrogen) atoms. The quantitative estimate of drug-likeness (QED) is 0.711. The fraction of sp³-hybridized carbons (Fsp3) is 0.583. The van der Waals surface area contributed by atoms with Gasteiger partial charge in [-0.1, -0.05) is 31.4 Å². The number of amides is 2. The van der Waals surface area contributed by atoms with Crippen molar-refractivity contribution in [3.05, 3.63) is 41.7 Å². The standard InChI is InChI=1S/C24H31FN2O2/c25-21-8-4-7-18(15-21)9-11-23(28)26-14-13-22-20(17-26)10-12-24(29)27(22)16-19-5-2-1-3-6-19/h4,7-9,11,15,19-20,22H,1-3,5-6,10,12-14,16-17H2/b11-9+/t20-,22+/m1/s1. The van der Waals surface area contributed by atoms with Gasteiger partial charge in [0.1, 0.15) is 5.82 Å². The minimum atomic E-state index is -0.301. The van der Waals surface area contributed by atoms with E-state index in [-0.39, 0.29) is 17.8 Å². The van der Waals surface area contributed by atoms with Crippen molar-refractivity contribution in [2.75, 3.05) is 19.6 Å². The molecule has 2 saturated heterocycles. The molecule has 0 aromatic heterocycles. The van der Waals surface area contributed by atoms with Gasteiger partial charge in [-0.15, -0.1) is 0 Å². The number of nitrogens with zero attached hydrogens (tertiary/aromatic N) is 2. The molecule has 2 atom stereocenters. The van der Waals surface area contributed by atoms with Crippen molar-refractivity contribution in [1.82, 2.24) is 9.80 Å². The maximum atomic E-state index is 13.3. The Morgan fingerprint density at radius 2 is 1.97 bits per heavy atom. The average molecular weight is 399 g/mol.